The first kappa shape index (κ1) is 16.5. The summed E-state index contributed by atoms with van der Waals surface area (Å²) in [7, 11) is 0. The minimum absolute atomic E-state index is 0.208. The zero-order valence-electron chi connectivity index (χ0n) is 12.2. The van der Waals surface area contributed by atoms with Gasteiger partial charge in [0.2, 0.25) is 0 Å². The van der Waals surface area contributed by atoms with Crippen LogP contribution < -0.4 is 14.8 Å². The second-order valence-corrected chi connectivity index (χ2v) is 5.04. The molecule has 0 saturated carbocycles. The molecule has 0 spiro atoms. The number of halogens is 1. The van der Waals surface area contributed by atoms with Crippen molar-refractivity contribution in [2.24, 2.45) is 0 Å². The highest BCUT2D eigenvalue weighted by Crippen LogP contribution is 2.17. The zero-order chi connectivity index (χ0) is 15.6. The maximum absolute atomic E-state index is 9.43. The number of rotatable bonds is 9. The molecule has 4 nitrogen and oxygen atoms in total. The van der Waals surface area contributed by atoms with Crippen LogP contribution in [-0.2, 0) is 0 Å². The lowest BCUT2D eigenvalue weighted by atomic mass is 10.3. The molecule has 22 heavy (non-hydrogen) atoms. The Morgan fingerprint density at radius 3 is 2.36 bits per heavy atom. The first-order valence-corrected chi connectivity index (χ1v) is 7.70. The van der Waals surface area contributed by atoms with E-state index in [9.17, 15) is 5.11 Å². The number of hydrogen-bond donors (Lipinski definition) is 2. The van der Waals surface area contributed by atoms with E-state index in [-0.39, 0.29) is 5.88 Å². The smallest absolute Gasteiger partial charge is 0.122 e. The van der Waals surface area contributed by atoms with Gasteiger partial charge in [-0.3, -0.25) is 0 Å². The summed E-state index contributed by atoms with van der Waals surface area (Å²) >= 11 is 5.56. The maximum Gasteiger partial charge on any atom is 0.122 e. The molecule has 0 radical (unpaired) electrons. The number of benzene rings is 2. The molecule has 118 valence electrons. The number of aliphatic hydroxyl groups is 1. The minimum atomic E-state index is -0.564. The lowest BCUT2D eigenvalue weighted by Gasteiger charge is -2.12. The van der Waals surface area contributed by atoms with Crippen LogP contribution in [0.4, 0.5) is 5.69 Å². The summed E-state index contributed by atoms with van der Waals surface area (Å²) in [6.45, 7) is 1.35. The molecule has 2 aromatic rings. The predicted octanol–water partition coefficient (Wildman–Crippen LogP) is 3.16. The molecular formula is C17H20ClNO3. The third-order valence-electron chi connectivity index (χ3n) is 2.92. The van der Waals surface area contributed by atoms with Crippen molar-refractivity contribution in [1.29, 1.82) is 0 Å². The normalized spacial score (nSPS) is 11.7. The molecule has 5 heteroatoms. The molecule has 1 unspecified atom stereocenters. The fourth-order valence-electron chi connectivity index (χ4n) is 1.82. The standard InChI is InChI=1S/C17H20ClNO3/c18-12-15(20)13-19-14-5-4-8-17(11-14)22-10-9-21-16-6-2-1-3-7-16/h1-8,11,15,19-20H,9-10,12-13H2. The number of ether oxygens (including phenoxy) is 2. The van der Waals surface area contributed by atoms with Crippen LogP contribution >= 0.6 is 11.6 Å². The Balaban J connectivity index is 1.73. The molecule has 0 fully saturated rings. The SMILES string of the molecule is OC(CCl)CNc1cccc(OCCOc2ccccc2)c1. The molecule has 0 saturated heterocycles. The third-order valence-corrected chi connectivity index (χ3v) is 3.27. The molecule has 2 N–H and O–H groups in total. The van der Waals surface area contributed by atoms with Gasteiger partial charge in [0.05, 0.1) is 12.0 Å². The Kier molecular flexibility index (Phi) is 6.87. The molecule has 0 aliphatic rings. The van der Waals surface area contributed by atoms with Gasteiger partial charge in [0, 0.05) is 18.3 Å². The highest BCUT2D eigenvalue weighted by molar-refractivity contribution is 6.18. The summed E-state index contributed by atoms with van der Waals surface area (Å²) in [6, 6.07) is 17.2. The van der Waals surface area contributed by atoms with Gasteiger partial charge >= 0.3 is 0 Å². The zero-order valence-corrected chi connectivity index (χ0v) is 13.0. The van der Waals surface area contributed by atoms with Crippen molar-refractivity contribution in [2.75, 3.05) is 31.0 Å². The van der Waals surface area contributed by atoms with Crippen molar-refractivity contribution >= 4 is 17.3 Å². The van der Waals surface area contributed by atoms with E-state index >= 15 is 0 Å². The summed E-state index contributed by atoms with van der Waals surface area (Å²) in [5.74, 6) is 1.79. The Hall–Kier alpha value is -1.91. The van der Waals surface area contributed by atoms with Gasteiger partial charge in [0.1, 0.15) is 24.7 Å². The van der Waals surface area contributed by atoms with Crippen molar-refractivity contribution in [3.8, 4) is 11.5 Å². The van der Waals surface area contributed by atoms with Crippen LogP contribution in [0.3, 0.4) is 0 Å². The van der Waals surface area contributed by atoms with Crippen molar-refractivity contribution in [2.45, 2.75) is 6.10 Å². The van der Waals surface area contributed by atoms with E-state index in [0.29, 0.717) is 19.8 Å². The Bertz CT molecular complexity index is 551. The lowest BCUT2D eigenvalue weighted by molar-refractivity contribution is 0.211. The maximum atomic E-state index is 9.43. The summed E-state index contributed by atoms with van der Waals surface area (Å²) in [5, 5.41) is 12.5. The summed E-state index contributed by atoms with van der Waals surface area (Å²) in [4.78, 5) is 0. The number of hydrogen-bond acceptors (Lipinski definition) is 4. The number of nitrogens with one attached hydrogen (secondary N) is 1. The lowest BCUT2D eigenvalue weighted by Crippen LogP contribution is -2.20. The molecule has 0 heterocycles. The van der Waals surface area contributed by atoms with E-state index in [4.69, 9.17) is 21.1 Å². The van der Waals surface area contributed by atoms with E-state index in [0.717, 1.165) is 17.2 Å². The first-order chi connectivity index (χ1) is 10.8. The molecule has 0 aromatic heterocycles. The fraction of sp³-hybridized carbons (Fsp3) is 0.294. The van der Waals surface area contributed by atoms with E-state index in [1.54, 1.807) is 0 Å². The molecule has 2 rings (SSSR count). The van der Waals surface area contributed by atoms with Gasteiger partial charge in [-0.15, -0.1) is 11.6 Å². The van der Waals surface area contributed by atoms with Gasteiger partial charge in [-0.1, -0.05) is 24.3 Å². The molecule has 0 aliphatic heterocycles. The predicted molar refractivity (Wildman–Crippen MR) is 89.1 cm³/mol. The van der Waals surface area contributed by atoms with Crippen LogP contribution in [0.2, 0.25) is 0 Å². The monoisotopic (exact) mass is 321 g/mol. The van der Waals surface area contributed by atoms with E-state index in [1.165, 1.54) is 0 Å². The van der Waals surface area contributed by atoms with Gasteiger partial charge in [-0.2, -0.15) is 0 Å². The summed E-state index contributed by atoms with van der Waals surface area (Å²) < 4.78 is 11.2. The van der Waals surface area contributed by atoms with Crippen molar-refractivity contribution in [3.63, 3.8) is 0 Å². The average molecular weight is 322 g/mol. The number of anilines is 1. The van der Waals surface area contributed by atoms with E-state index in [1.807, 2.05) is 54.6 Å². The summed E-state index contributed by atoms with van der Waals surface area (Å²) in [5.41, 5.74) is 0.880. The Labute approximate surface area is 135 Å². The van der Waals surface area contributed by atoms with Crippen LogP contribution in [-0.4, -0.2) is 36.8 Å². The molecule has 0 amide bonds. The van der Waals surface area contributed by atoms with Gasteiger partial charge in [0.25, 0.3) is 0 Å². The van der Waals surface area contributed by atoms with Gasteiger partial charge in [-0.25, -0.2) is 0 Å². The molecule has 1 atom stereocenters. The first-order valence-electron chi connectivity index (χ1n) is 7.16. The van der Waals surface area contributed by atoms with E-state index in [2.05, 4.69) is 5.32 Å². The Morgan fingerprint density at radius 1 is 0.955 bits per heavy atom. The second kappa shape index (κ2) is 9.18. The van der Waals surface area contributed by atoms with Crippen LogP contribution in [0, 0.1) is 0 Å². The molecular weight excluding hydrogens is 302 g/mol. The van der Waals surface area contributed by atoms with Gasteiger partial charge in [-0.05, 0) is 24.3 Å². The third kappa shape index (κ3) is 5.84. The highest BCUT2D eigenvalue weighted by Gasteiger charge is 2.02. The highest BCUT2D eigenvalue weighted by atomic mass is 35.5. The molecule has 0 bridgehead atoms. The van der Waals surface area contributed by atoms with E-state index < -0.39 is 6.10 Å². The number of aliphatic hydroxyl groups excluding tert-OH is 1. The summed E-state index contributed by atoms with van der Waals surface area (Å²) in [6.07, 6.45) is -0.564. The van der Waals surface area contributed by atoms with Crippen LogP contribution in [0.15, 0.2) is 54.6 Å². The van der Waals surface area contributed by atoms with Crippen molar-refractivity contribution < 1.29 is 14.6 Å². The van der Waals surface area contributed by atoms with Crippen molar-refractivity contribution in [3.05, 3.63) is 54.6 Å². The minimum Gasteiger partial charge on any atom is -0.490 e. The van der Waals surface area contributed by atoms with Crippen molar-refractivity contribution in [1.82, 2.24) is 0 Å². The van der Waals surface area contributed by atoms with Crippen LogP contribution in [0.25, 0.3) is 0 Å². The topological polar surface area (TPSA) is 50.7 Å². The van der Waals surface area contributed by atoms with Crippen LogP contribution in [0.5, 0.6) is 11.5 Å². The second-order valence-electron chi connectivity index (χ2n) is 4.73. The largest absolute Gasteiger partial charge is 0.490 e. The Morgan fingerprint density at radius 2 is 1.64 bits per heavy atom. The fourth-order valence-corrected chi connectivity index (χ4v) is 1.93. The van der Waals surface area contributed by atoms with Gasteiger partial charge < -0.3 is 19.9 Å². The quantitative estimate of drug-likeness (QED) is 0.550. The van der Waals surface area contributed by atoms with Gasteiger partial charge in [0.15, 0.2) is 0 Å². The number of alkyl halides is 1. The number of para-hydroxylation sites is 1. The molecule has 0 aliphatic carbocycles. The average Bonchev–Trinajstić information content (AvgIpc) is 2.58. The van der Waals surface area contributed by atoms with Crippen LogP contribution in [0.1, 0.15) is 0 Å². The molecule has 2 aromatic carbocycles.